The van der Waals surface area contributed by atoms with E-state index >= 15 is 0 Å². The topological polar surface area (TPSA) is 124 Å². The maximum atomic E-state index is 14.1. The van der Waals surface area contributed by atoms with Crippen LogP contribution in [0.3, 0.4) is 0 Å². The fourth-order valence-electron chi connectivity index (χ4n) is 5.45. The highest BCUT2D eigenvalue weighted by Gasteiger charge is 2.34. The van der Waals surface area contributed by atoms with E-state index in [0.717, 1.165) is 32.5 Å². The van der Waals surface area contributed by atoms with Crippen LogP contribution in [0.4, 0.5) is 13.2 Å². The number of aromatic nitrogens is 2. The molecule has 1 heterocycles. The summed E-state index contributed by atoms with van der Waals surface area (Å²) in [7, 11) is -2.89. The fourth-order valence-corrected chi connectivity index (χ4v) is 7.25. The Kier molecular flexibility index (Phi) is 10.8. The van der Waals surface area contributed by atoms with Crippen molar-refractivity contribution in [3.63, 3.8) is 0 Å². The number of hydrogen-bond donors (Lipinski definition) is 2. The van der Waals surface area contributed by atoms with Crippen LogP contribution in [0.5, 0.6) is 0 Å². The number of rotatable bonds is 12. The molecule has 0 saturated heterocycles. The second-order valence-corrected chi connectivity index (χ2v) is 13.9. The first-order valence-electron chi connectivity index (χ1n) is 15.3. The van der Waals surface area contributed by atoms with Crippen LogP contribution in [-0.2, 0) is 27.4 Å². The second-order valence-electron chi connectivity index (χ2n) is 11.6. The molecule has 1 aromatic heterocycles. The highest BCUT2D eigenvalue weighted by Crippen LogP contribution is 2.31. The summed E-state index contributed by atoms with van der Waals surface area (Å²) in [6, 6.07) is 26.0. The first-order chi connectivity index (χ1) is 23.7. The van der Waals surface area contributed by atoms with Crippen molar-refractivity contribution < 1.29 is 36.3 Å². The van der Waals surface area contributed by atoms with Crippen LogP contribution in [0, 0.1) is 6.92 Å². The number of likely N-dealkylation sites (N-methyl/N-ethyl adjacent to an activating group) is 1. The number of carbonyl (C=O) groups excluding carboxylic acids is 1. The number of sulfonamides is 1. The molecule has 50 heavy (non-hydrogen) atoms. The largest absolute Gasteiger partial charge is 0.480 e. The van der Waals surface area contributed by atoms with Crippen LogP contribution >= 0.6 is 11.6 Å². The first-order valence-corrected chi connectivity index (χ1v) is 17.1. The van der Waals surface area contributed by atoms with Gasteiger partial charge in [0.15, 0.2) is 5.15 Å². The summed E-state index contributed by atoms with van der Waals surface area (Å²) in [5, 5.41) is 16.4. The standard InChI is InChI=1S/C36H32ClF3N4O5S/c1-23-32(33(37)42-41-23)50(48,49)43(2)20-21-44(31(35(46)47)22-24-8-10-26(11-9-24)25-6-4-3-5-7-25)34(45)29-14-12-27(13-15-29)28-16-18-30(19-17-28)36(38,39)40/h3-19,31H,20-22H2,1-2H3,(H,41,42)(H,46,47). The minimum absolute atomic E-state index is 0.0804. The third-order valence-corrected chi connectivity index (χ3v) is 10.7. The number of hydrogen-bond acceptors (Lipinski definition) is 5. The molecule has 9 nitrogen and oxygen atoms in total. The number of benzene rings is 4. The number of halogens is 4. The number of nitrogens with one attached hydrogen (secondary N) is 1. The van der Waals surface area contributed by atoms with Gasteiger partial charge in [-0.1, -0.05) is 90.5 Å². The minimum atomic E-state index is -4.49. The molecule has 0 aliphatic rings. The number of amides is 1. The maximum Gasteiger partial charge on any atom is 0.416 e. The quantitative estimate of drug-likeness (QED) is 0.141. The van der Waals surface area contributed by atoms with Crippen LogP contribution in [0.15, 0.2) is 108 Å². The summed E-state index contributed by atoms with van der Waals surface area (Å²) in [6.07, 6.45) is -4.57. The smallest absolute Gasteiger partial charge is 0.416 e. The SMILES string of the molecule is Cc1[nH]nc(Cl)c1S(=O)(=O)N(C)CCN(C(=O)c1ccc(-c2ccc(C(F)(F)F)cc2)cc1)C(Cc1ccc(-c2ccccc2)cc1)C(=O)O. The lowest BCUT2D eigenvalue weighted by Crippen LogP contribution is -2.49. The lowest BCUT2D eigenvalue weighted by Gasteiger charge is -2.31. The Morgan fingerprint density at radius 3 is 1.86 bits per heavy atom. The molecule has 2 N–H and O–H groups in total. The predicted molar refractivity (Wildman–Crippen MR) is 183 cm³/mol. The van der Waals surface area contributed by atoms with Gasteiger partial charge in [0.2, 0.25) is 10.0 Å². The zero-order valence-corrected chi connectivity index (χ0v) is 28.4. The van der Waals surface area contributed by atoms with E-state index in [1.807, 2.05) is 42.5 Å². The van der Waals surface area contributed by atoms with E-state index in [1.165, 1.54) is 38.2 Å². The van der Waals surface area contributed by atoms with Crippen molar-refractivity contribution in [2.24, 2.45) is 0 Å². The minimum Gasteiger partial charge on any atom is -0.480 e. The first kappa shape index (κ1) is 36.3. The second kappa shape index (κ2) is 14.9. The number of carboxylic acid groups (broad SMARTS) is 1. The van der Waals surface area contributed by atoms with Crippen molar-refractivity contribution >= 4 is 33.5 Å². The Bertz CT molecular complexity index is 2050. The molecule has 1 amide bonds. The molecular weight excluding hydrogens is 693 g/mol. The Balaban J connectivity index is 1.43. The van der Waals surface area contributed by atoms with Crippen molar-refractivity contribution in [1.29, 1.82) is 0 Å². The summed E-state index contributed by atoms with van der Waals surface area (Å²) in [5.74, 6) is -1.98. The number of alkyl halides is 3. The summed E-state index contributed by atoms with van der Waals surface area (Å²) >= 11 is 6.04. The molecule has 0 fully saturated rings. The predicted octanol–water partition coefficient (Wildman–Crippen LogP) is 7.18. The lowest BCUT2D eigenvalue weighted by molar-refractivity contribution is -0.142. The van der Waals surface area contributed by atoms with Crippen molar-refractivity contribution in [2.45, 2.75) is 30.5 Å². The monoisotopic (exact) mass is 724 g/mol. The van der Waals surface area contributed by atoms with E-state index in [9.17, 15) is 36.3 Å². The van der Waals surface area contributed by atoms with Crippen molar-refractivity contribution in [1.82, 2.24) is 19.4 Å². The zero-order valence-electron chi connectivity index (χ0n) is 26.9. The van der Waals surface area contributed by atoms with E-state index in [2.05, 4.69) is 10.2 Å². The zero-order chi connectivity index (χ0) is 36.2. The molecule has 0 aliphatic carbocycles. The number of aliphatic carboxylic acids is 1. The molecule has 0 bridgehead atoms. The summed E-state index contributed by atoms with van der Waals surface area (Å²) in [5.41, 5.74) is 3.06. The van der Waals surface area contributed by atoms with Crippen LogP contribution < -0.4 is 0 Å². The molecule has 4 aromatic carbocycles. The van der Waals surface area contributed by atoms with Crippen molar-refractivity contribution in [2.75, 3.05) is 20.1 Å². The molecule has 260 valence electrons. The molecule has 14 heteroatoms. The number of H-pyrrole nitrogens is 1. The molecule has 0 aliphatic heterocycles. The number of carbonyl (C=O) groups is 2. The van der Waals surface area contributed by atoms with Crippen LogP contribution in [0.2, 0.25) is 5.15 Å². The van der Waals surface area contributed by atoms with E-state index in [-0.39, 0.29) is 40.8 Å². The Morgan fingerprint density at radius 2 is 1.36 bits per heavy atom. The summed E-state index contributed by atoms with van der Waals surface area (Å²) in [4.78, 5) is 27.7. The number of carboxylic acids is 1. The normalized spacial score (nSPS) is 12.5. The number of nitrogens with zero attached hydrogens (tertiary/aromatic N) is 3. The van der Waals surface area contributed by atoms with Gasteiger partial charge in [-0.05, 0) is 59.0 Å². The molecular formula is C36H32ClF3N4O5S. The van der Waals surface area contributed by atoms with Crippen LogP contribution in [0.25, 0.3) is 22.3 Å². The average molecular weight is 725 g/mol. The van der Waals surface area contributed by atoms with Crippen LogP contribution in [-0.4, -0.2) is 71.0 Å². The van der Waals surface area contributed by atoms with E-state index < -0.39 is 39.7 Å². The third-order valence-electron chi connectivity index (χ3n) is 8.26. The van der Waals surface area contributed by atoms with Crippen molar-refractivity contribution in [3.05, 3.63) is 131 Å². The highest BCUT2D eigenvalue weighted by molar-refractivity contribution is 7.89. The highest BCUT2D eigenvalue weighted by atomic mass is 35.5. The van der Waals surface area contributed by atoms with Crippen molar-refractivity contribution in [3.8, 4) is 22.3 Å². The van der Waals surface area contributed by atoms with Gasteiger partial charge in [0.25, 0.3) is 5.91 Å². The van der Waals surface area contributed by atoms with E-state index in [4.69, 9.17) is 11.6 Å². The van der Waals surface area contributed by atoms with Gasteiger partial charge in [-0.3, -0.25) is 9.89 Å². The van der Waals surface area contributed by atoms with Gasteiger partial charge in [0, 0.05) is 32.1 Å². The molecule has 5 rings (SSSR count). The van der Waals surface area contributed by atoms with Crippen LogP contribution in [0.1, 0.15) is 27.2 Å². The van der Waals surface area contributed by atoms with E-state index in [0.29, 0.717) is 16.7 Å². The van der Waals surface area contributed by atoms with Gasteiger partial charge >= 0.3 is 12.1 Å². The average Bonchev–Trinajstić information content (AvgIpc) is 3.45. The molecule has 0 spiro atoms. The summed E-state index contributed by atoms with van der Waals surface area (Å²) in [6.45, 7) is 0.908. The lowest BCUT2D eigenvalue weighted by atomic mass is 9.99. The van der Waals surface area contributed by atoms with E-state index in [1.54, 1.807) is 24.3 Å². The number of aromatic amines is 1. The Morgan fingerprint density at radius 1 is 0.840 bits per heavy atom. The molecule has 0 radical (unpaired) electrons. The molecule has 0 saturated carbocycles. The fraction of sp³-hybridized carbons (Fsp3) is 0.194. The number of aryl methyl sites for hydroxylation is 1. The van der Waals surface area contributed by atoms with Gasteiger partial charge < -0.3 is 10.0 Å². The Labute approximate surface area is 292 Å². The van der Waals surface area contributed by atoms with Gasteiger partial charge in [0.05, 0.1) is 11.3 Å². The molecule has 5 aromatic rings. The maximum absolute atomic E-state index is 14.1. The van der Waals surface area contributed by atoms with Gasteiger partial charge in [0.1, 0.15) is 10.9 Å². The van der Waals surface area contributed by atoms with Gasteiger partial charge in [-0.2, -0.15) is 22.6 Å². The molecule has 1 unspecified atom stereocenters. The van der Waals surface area contributed by atoms with Gasteiger partial charge in [-0.15, -0.1) is 0 Å². The summed E-state index contributed by atoms with van der Waals surface area (Å²) < 4.78 is 66.9. The van der Waals surface area contributed by atoms with Gasteiger partial charge in [-0.25, -0.2) is 13.2 Å². The molecule has 1 atom stereocenters. The third kappa shape index (κ3) is 8.07. The Hall–Kier alpha value is -4.98.